The van der Waals surface area contributed by atoms with E-state index >= 15 is 0 Å². The summed E-state index contributed by atoms with van der Waals surface area (Å²) in [4.78, 5) is 32.6. The number of hydrogen-bond acceptors (Lipinski definition) is 5. The molecule has 2 fully saturated rings. The van der Waals surface area contributed by atoms with Gasteiger partial charge in [-0.25, -0.2) is 0 Å². The number of pyridine rings is 1. The number of carbonyl (C=O) groups is 2. The standard InChI is InChI=1S/C19H27N3O4/c1-3-16(23)21-10-6-15(7-11-21)22-17(14-4-8-20-9-5-14)18(19(22)24)26-13-12-25-2/h4-5,8-9,15,17-18H,3,6-7,10-13H2,1-2H3/t17-,18+/m0/s1. The number of likely N-dealkylation sites (tertiary alicyclic amines) is 2. The van der Waals surface area contributed by atoms with Crippen LogP contribution in [0.4, 0.5) is 0 Å². The third kappa shape index (κ3) is 3.73. The van der Waals surface area contributed by atoms with E-state index in [1.807, 2.05) is 28.9 Å². The van der Waals surface area contributed by atoms with Crippen molar-refractivity contribution in [1.29, 1.82) is 0 Å². The van der Waals surface area contributed by atoms with Crippen molar-refractivity contribution < 1.29 is 19.1 Å². The van der Waals surface area contributed by atoms with Gasteiger partial charge in [-0.05, 0) is 30.5 Å². The molecule has 1 aromatic rings. The summed E-state index contributed by atoms with van der Waals surface area (Å²) in [6, 6.07) is 3.92. The first-order valence-corrected chi connectivity index (χ1v) is 9.27. The number of nitrogens with zero attached hydrogens (tertiary/aromatic N) is 3. The summed E-state index contributed by atoms with van der Waals surface area (Å²) in [6.45, 7) is 4.16. The molecule has 0 saturated carbocycles. The summed E-state index contributed by atoms with van der Waals surface area (Å²) in [5.74, 6) is 0.216. The van der Waals surface area contributed by atoms with E-state index in [9.17, 15) is 9.59 Å². The molecule has 2 saturated heterocycles. The average molecular weight is 361 g/mol. The lowest BCUT2D eigenvalue weighted by Crippen LogP contribution is -2.64. The number of aromatic nitrogens is 1. The number of rotatable bonds is 7. The highest BCUT2D eigenvalue weighted by Gasteiger charge is 2.52. The minimum absolute atomic E-state index is 0.0307. The van der Waals surface area contributed by atoms with Gasteiger partial charge in [-0.2, -0.15) is 0 Å². The number of β-lactam (4-membered cyclic amide) rings is 1. The zero-order chi connectivity index (χ0) is 18.5. The lowest BCUT2D eigenvalue weighted by Gasteiger charge is -2.52. The Labute approximate surface area is 154 Å². The maximum Gasteiger partial charge on any atom is 0.255 e. The van der Waals surface area contributed by atoms with Crippen LogP contribution in [-0.2, 0) is 19.1 Å². The van der Waals surface area contributed by atoms with Gasteiger partial charge in [-0.15, -0.1) is 0 Å². The molecule has 0 aliphatic carbocycles. The fraction of sp³-hybridized carbons (Fsp3) is 0.632. The smallest absolute Gasteiger partial charge is 0.255 e. The Kier molecular flexibility index (Phi) is 6.21. The minimum Gasteiger partial charge on any atom is -0.382 e. The SMILES string of the molecule is CCC(=O)N1CCC(N2C(=O)[C@H](OCCOC)[C@@H]2c2ccncc2)CC1. The molecule has 0 unspecified atom stereocenters. The van der Waals surface area contributed by atoms with Crippen LogP contribution in [-0.4, -0.2) is 72.2 Å². The van der Waals surface area contributed by atoms with Crippen LogP contribution in [0.25, 0.3) is 0 Å². The fourth-order valence-corrected chi connectivity index (χ4v) is 3.82. The van der Waals surface area contributed by atoms with Crippen molar-refractivity contribution in [3.8, 4) is 0 Å². The molecule has 3 rings (SSSR count). The van der Waals surface area contributed by atoms with Gasteiger partial charge in [-0.3, -0.25) is 14.6 Å². The lowest BCUT2D eigenvalue weighted by molar-refractivity contribution is -0.184. The number of amides is 2. The summed E-state index contributed by atoms with van der Waals surface area (Å²) in [5.41, 5.74) is 1.04. The third-order valence-electron chi connectivity index (χ3n) is 5.23. The molecule has 142 valence electrons. The summed E-state index contributed by atoms with van der Waals surface area (Å²) >= 11 is 0. The predicted molar refractivity (Wildman–Crippen MR) is 95.3 cm³/mol. The van der Waals surface area contributed by atoms with E-state index < -0.39 is 6.10 Å². The van der Waals surface area contributed by atoms with Crippen molar-refractivity contribution >= 4 is 11.8 Å². The van der Waals surface area contributed by atoms with Gasteiger partial charge >= 0.3 is 0 Å². The Bertz CT molecular complexity index is 616. The van der Waals surface area contributed by atoms with Crippen LogP contribution in [0.1, 0.15) is 37.8 Å². The Morgan fingerprint density at radius 2 is 1.92 bits per heavy atom. The molecule has 3 heterocycles. The van der Waals surface area contributed by atoms with E-state index in [2.05, 4.69) is 4.98 Å². The molecule has 2 atom stereocenters. The first-order valence-electron chi connectivity index (χ1n) is 9.27. The quantitative estimate of drug-likeness (QED) is 0.542. The van der Waals surface area contributed by atoms with Crippen LogP contribution in [0.5, 0.6) is 0 Å². The second-order valence-corrected chi connectivity index (χ2v) is 6.72. The molecular formula is C19H27N3O4. The summed E-state index contributed by atoms with van der Waals surface area (Å²) in [5, 5.41) is 0. The summed E-state index contributed by atoms with van der Waals surface area (Å²) < 4.78 is 10.8. The van der Waals surface area contributed by atoms with Gasteiger partial charge in [0, 0.05) is 45.1 Å². The van der Waals surface area contributed by atoms with Crippen molar-refractivity contribution in [2.24, 2.45) is 0 Å². The van der Waals surface area contributed by atoms with Gasteiger partial charge in [0.25, 0.3) is 5.91 Å². The zero-order valence-electron chi connectivity index (χ0n) is 15.5. The Morgan fingerprint density at radius 1 is 1.23 bits per heavy atom. The maximum absolute atomic E-state index is 12.8. The average Bonchev–Trinajstić information content (AvgIpc) is 2.69. The normalized spacial score (nSPS) is 23.8. The third-order valence-corrected chi connectivity index (χ3v) is 5.23. The van der Waals surface area contributed by atoms with Crippen molar-refractivity contribution in [3.63, 3.8) is 0 Å². The molecule has 0 spiro atoms. The van der Waals surface area contributed by atoms with E-state index in [-0.39, 0.29) is 23.9 Å². The highest BCUT2D eigenvalue weighted by atomic mass is 16.5. The van der Waals surface area contributed by atoms with Crippen LogP contribution >= 0.6 is 0 Å². The van der Waals surface area contributed by atoms with E-state index in [1.54, 1.807) is 19.5 Å². The van der Waals surface area contributed by atoms with Crippen LogP contribution in [0, 0.1) is 0 Å². The molecule has 2 amide bonds. The van der Waals surface area contributed by atoms with Crippen molar-refractivity contribution in [1.82, 2.24) is 14.8 Å². The van der Waals surface area contributed by atoms with Gasteiger partial charge in [0.2, 0.25) is 5.91 Å². The Hall–Kier alpha value is -1.99. The predicted octanol–water partition coefficient (Wildman–Crippen LogP) is 1.40. The number of methoxy groups -OCH3 is 1. The van der Waals surface area contributed by atoms with Crippen molar-refractivity contribution in [3.05, 3.63) is 30.1 Å². The van der Waals surface area contributed by atoms with Crippen LogP contribution in [0.15, 0.2) is 24.5 Å². The second kappa shape index (κ2) is 8.60. The van der Waals surface area contributed by atoms with Crippen LogP contribution in [0.3, 0.4) is 0 Å². The Morgan fingerprint density at radius 3 is 2.54 bits per heavy atom. The number of ether oxygens (including phenoxy) is 2. The molecule has 0 N–H and O–H groups in total. The largest absolute Gasteiger partial charge is 0.382 e. The van der Waals surface area contributed by atoms with Crippen LogP contribution < -0.4 is 0 Å². The molecule has 7 heteroatoms. The molecule has 0 aromatic carbocycles. The molecule has 2 aliphatic rings. The fourth-order valence-electron chi connectivity index (χ4n) is 3.82. The highest BCUT2D eigenvalue weighted by Crippen LogP contribution is 2.40. The van der Waals surface area contributed by atoms with E-state index in [0.717, 1.165) is 18.4 Å². The lowest BCUT2D eigenvalue weighted by atomic mass is 9.86. The number of piperidine rings is 1. The van der Waals surface area contributed by atoms with E-state index in [1.165, 1.54) is 0 Å². The maximum atomic E-state index is 12.8. The molecule has 7 nitrogen and oxygen atoms in total. The monoisotopic (exact) mass is 361 g/mol. The molecule has 26 heavy (non-hydrogen) atoms. The molecule has 1 aromatic heterocycles. The summed E-state index contributed by atoms with van der Waals surface area (Å²) in [7, 11) is 1.62. The number of carbonyl (C=O) groups excluding carboxylic acids is 2. The second-order valence-electron chi connectivity index (χ2n) is 6.72. The summed E-state index contributed by atoms with van der Waals surface area (Å²) in [6.07, 6.45) is 5.16. The molecule has 0 bridgehead atoms. The molecular weight excluding hydrogens is 334 g/mol. The van der Waals surface area contributed by atoms with E-state index in [4.69, 9.17) is 9.47 Å². The van der Waals surface area contributed by atoms with Gasteiger partial charge in [0.05, 0.1) is 19.3 Å². The highest BCUT2D eigenvalue weighted by molar-refractivity contribution is 5.89. The molecule has 2 aliphatic heterocycles. The van der Waals surface area contributed by atoms with E-state index in [0.29, 0.717) is 32.7 Å². The molecule has 0 radical (unpaired) electrons. The van der Waals surface area contributed by atoms with Gasteiger partial charge < -0.3 is 19.3 Å². The minimum atomic E-state index is -0.470. The van der Waals surface area contributed by atoms with Gasteiger partial charge in [0.1, 0.15) is 0 Å². The van der Waals surface area contributed by atoms with Crippen molar-refractivity contribution in [2.45, 2.75) is 44.4 Å². The first-order chi connectivity index (χ1) is 12.7. The zero-order valence-corrected chi connectivity index (χ0v) is 15.5. The van der Waals surface area contributed by atoms with Gasteiger partial charge in [-0.1, -0.05) is 6.92 Å². The number of hydrogen-bond donors (Lipinski definition) is 0. The van der Waals surface area contributed by atoms with Crippen molar-refractivity contribution in [2.75, 3.05) is 33.4 Å². The topological polar surface area (TPSA) is 72.0 Å². The van der Waals surface area contributed by atoms with Gasteiger partial charge in [0.15, 0.2) is 6.10 Å². The first kappa shape index (κ1) is 18.8. The Balaban J connectivity index is 1.69. The van der Waals surface area contributed by atoms with Crippen LogP contribution in [0.2, 0.25) is 0 Å².